The smallest absolute Gasteiger partial charge is 0.418 e. The Bertz CT molecular complexity index is 249. The monoisotopic (exact) mass is 472 g/mol. The van der Waals surface area contributed by atoms with Crippen LogP contribution in [0.2, 0.25) is 0 Å². The fourth-order valence-corrected chi connectivity index (χ4v) is 0.856. The zero-order chi connectivity index (χ0) is 19.2. The largest absolute Gasteiger partial charge is 3.00 e. The molecule has 0 N–H and O–H groups in total. The Morgan fingerprint density at radius 2 is 0.458 bits per heavy atom. The Kier molecular flexibility index (Phi) is 20.8. The molecule has 0 unspecified atom stereocenters. The third-order valence-electron chi connectivity index (χ3n) is 1.33. The van der Waals surface area contributed by atoms with Crippen molar-refractivity contribution in [2.24, 2.45) is 0 Å². The number of allylic oxidation sites excluding steroid dienone is 4. The third-order valence-corrected chi connectivity index (χ3v) is 1.33. The molecule has 1 rings (SSSR count). The van der Waals surface area contributed by atoms with Crippen molar-refractivity contribution < 1.29 is 71.3 Å². The second-order valence-electron chi connectivity index (χ2n) is 3.58. The molecular formula is C8H12B3F12Rh. The van der Waals surface area contributed by atoms with Crippen LogP contribution >= 0.6 is 0 Å². The Balaban J connectivity index is -0.000000113. The van der Waals surface area contributed by atoms with E-state index in [0.29, 0.717) is 0 Å². The van der Waals surface area contributed by atoms with Crippen molar-refractivity contribution in [3.63, 3.8) is 0 Å². The van der Waals surface area contributed by atoms with Gasteiger partial charge in [0.2, 0.25) is 0 Å². The van der Waals surface area contributed by atoms with Crippen molar-refractivity contribution in [1.82, 2.24) is 0 Å². The Morgan fingerprint density at radius 3 is 0.542 bits per heavy atom. The SMILES string of the molecule is C1=C\CC/C=C\CC/1.F[B-](F)(F)F.F[B-](F)(F)F.F[B-](F)(F)F.[Rh+3]. The van der Waals surface area contributed by atoms with Gasteiger partial charge in [0.05, 0.1) is 0 Å². The summed E-state index contributed by atoms with van der Waals surface area (Å²) < 4.78 is 117. The van der Waals surface area contributed by atoms with Crippen molar-refractivity contribution in [1.29, 1.82) is 0 Å². The molecule has 24 heavy (non-hydrogen) atoms. The van der Waals surface area contributed by atoms with Gasteiger partial charge in [-0.2, -0.15) is 0 Å². The van der Waals surface area contributed by atoms with Gasteiger partial charge in [0.15, 0.2) is 0 Å². The summed E-state index contributed by atoms with van der Waals surface area (Å²) in [4.78, 5) is 0. The molecule has 146 valence electrons. The van der Waals surface area contributed by atoms with Crippen LogP contribution in [-0.4, -0.2) is 21.8 Å². The van der Waals surface area contributed by atoms with Gasteiger partial charge in [0.25, 0.3) is 0 Å². The van der Waals surface area contributed by atoms with Crippen LogP contribution in [0.5, 0.6) is 0 Å². The normalized spacial score (nSPS) is 16.8. The summed E-state index contributed by atoms with van der Waals surface area (Å²) in [5.41, 5.74) is 0. The van der Waals surface area contributed by atoms with Crippen LogP contribution in [0.1, 0.15) is 25.7 Å². The molecule has 0 amide bonds. The fourth-order valence-electron chi connectivity index (χ4n) is 0.856. The van der Waals surface area contributed by atoms with Crippen LogP contribution in [0.15, 0.2) is 24.3 Å². The van der Waals surface area contributed by atoms with Gasteiger partial charge in [-0.25, -0.2) is 0 Å². The van der Waals surface area contributed by atoms with Gasteiger partial charge < -0.3 is 51.8 Å². The summed E-state index contributed by atoms with van der Waals surface area (Å²) in [5, 5.41) is 0. The summed E-state index contributed by atoms with van der Waals surface area (Å²) in [5.74, 6) is 0. The average molecular weight is 472 g/mol. The van der Waals surface area contributed by atoms with Crippen LogP contribution in [-0.2, 0) is 19.5 Å². The van der Waals surface area contributed by atoms with Gasteiger partial charge >= 0.3 is 41.2 Å². The Labute approximate surface area is 143 Å². The van der Waals surface area contributed by atoms with E-state index in [0.717, 1.165) is 0 Å². The van der Waals surface area contributed by atoms with Gasteiger partial charge in [-0.3, -0.25) is 0 Å². The van der Waals surface area contributed by atoms with Crippen molar-refractivity contribution >= 4 is 21.8 Å². The minimum absolute atomic E-state index is 0. The maximum atomic E-state index is 9.75. The van der Waals surface area contributed by atoms with Gasteiger partial charge in [-0.15, -0.1) is 0 Å². The summed E-state index contributed by atoms with van der Waals surface area (Å²) in [7, 11) is -18.0. The zero-order valence-corrected chi connectivity index (χ0v) is 13.4. The minimum Gasteiger partial charge on any atom is -0.418 e. The number of hydrogen-bond acceptors (Lipinski definition) is 0. The summed E-state index contributed by atoms with van der Waals surface area (Å²) >= 11 is 0. The van der Waals surface area contributed by atoms with Crippen LogP contribution in [0.4, 0.5) is 51.8 Å². The Morgan fingerprint density at radius 1 is 0.375 bits per heavy atom. The van der Waals surface area contributed by atoms with Crippen molar-refractivity contribution in [2.45, 2.75) is 25.7 Å². The van der Waals surface area contributed by atoms with Crippen LogP contribution in [0.25, 0.3) is 0 Å². The predicted molar refractivity (Wildman–Crippen MR) is 67.3 cm³/mol. The Hall–Kier alpha value is -0.542. The van der Waals surface area contributed by atoms with E-state index in [1.807, 2.05) is 0 Å². The molecule has 0 fully saturated rings. The van der Waals surface area contributed by atoms with E-state index in [9.17, 15) is 51.8 Å². The molecule has 0 saturated heterocycles. The molecule has 0 atom stereocenters. The van der Waals surface area contributed by atoms with E-state index in [4.69, 9.17) is 0 Å². The van der Waals surface area contributed by atoms with Gasteiger partial charge in [0, 0.05) is 0 Å². The molecule has 0 saturated carbocycles. The molecule has 1 aliphatic carbocycles. The van der Waals surface area contributed by atoms with Gasteiger partial charge in [-0.1, -0.05) is 24.3 Å². The van der Waals surface area contributed by atoms with E-state index >= 15 is 0 Å². The second-order valence-corrected chi connectivity index (χ2v) is 3.58. The first kappa shape index (κ1) is 31.2. The van der Waals surface area contributed by atoms with E-state index in [1.54, 1.807) is 0 Å². The fraction of sp³-hybridized carbons (Fsp3) is 0.500. The zero-order valence-electron chi connectivity index (χ0n) is 11.7. The molecule has 1 aliphatic rings. The maximum Gasteiger partial charge on any atom is 3.00 e. The summed E-state index contributed by atoms with van der Waals surface area (Å²) in [6.45, 7) is 0. The molecule has 0 aromatic carbocycles. The summed E-state index contributed by atoms with van der Waals surface area (Å²) in [6, 6.07) is 0. The molecule has 0 spiro atoms. The topological polar surface area (TPSA) is 0 Å². The molecule has 0 nitrogen and oxygen atoms in total. The van der Waals surface area contributed by atoms with E-state index < -0.39 is 21.8 Å². The van der Waals surface area contributed by atoms with Crippen LogP contribution in [0.3, 0.4) is 0 Å². The molecule has 0 radical (unpaired) electrons. The number of hydrogen-bond donors (Lipinski definition) is 0. The van der Waals surface area contributed by atoms with Crippen molar-refractivity contribution in [3.05, 3.63) is 24.3 Å². The quantitative estimate of drug-likeness (QED) is 0.213. The first-order valence-corrected chi connectivity index (χ1v) is 5.92. The number of halogens is 12. The minimum atomic E-state index is -6.00. The second kappa shape index (κ2) is 16.0. The van der Waals surface area contributed by atoms with Crippen molar-refractivity contribution in [2.75, 3.05) is 0 Å². The third kappa shape index (κ3) is 161. The van der Waals surface area contributed by atoms with E-state index in [-0.39, 0.29) is 19.5 Å². The van der Waals surface area contributed by atoms with Crippen LogP contribution < -0.4 is 0 Å². The van der Waals surface area contributed by atoms with Gasteiger partial charge in [0.1, 0.15) is 0 Å². The molecule has 0 aromatic rings. The van der Waals surface area contributed by atoms with Crippen molar-refractivity contribution in [3.8, 4) is 0 Å². The summed E-state index contributed by atoms with van der Waals surface area (Å²) in [6.07, 6.45) is 14.0. The average Bonchev–Trinajstić information content (AvgIpc) is 2.05. The number of rotatable bonds is 0. The first-order chi connectivity index (χ1) is 10.0. The molecule has 0 bridgehead atoms. The van der Waals surface area contributed by atoms with Gasteiger partial charge in [-0.05, 0) is 25.7 Å². The van der Waals surface area contributed by atoms with E-state index in [1.165, 1.54) is 25.7 Å². The molecular weight excluding hydrogens is 459 g/mol. The predicted octanol–water partition coefficient (Wildman–Crippen LogP) is 6.57. The first-order valence-electron chi connectivity index (χ1n) is 5.92. The molecule has 0 aliphatic heterocycles. The molecule has 16 heteroatoms. The molecule has 0 heterocycles. The maximum absolute atomic E-state index is 9.75. The van der Waals surface area contributed by atoms with E-state index in [2.05, 4.69) is 24.3 Å². The standard InChI is InChI=1S/C8H12.3BF4.Rh/c1-2-4-6-8-7-5-3-1;3*2-1(3,4)5;/h1-2,7-8H,3-6H2;;;;/q;3*-1;+3/b2-1-,8-7-;;;;. The molecule has 0 aromatic heterocycles. The van der Waals surface area contributed by atoms with Crippen LogP contribution in [0, 0.1) is 0 Å².